The molecule has 1 aromatic rings. The zero-order chi connectivity index (χ0) is 15.1. The molecule has 21 heavy (non-hydrogen) atoms. The summed E-state index contributed by atoms with van der Waals surface area (Å²) < 4.78 is 0. The zero-order valence-electron chi connectivity index (χ0n) is 11.8. The molecule has 0 atom stereocenters. The highest BCUT2D eigenvalue weighted by Gasteiger charge is 2.15. The van der Waals surface area contributed by atoms with Gasteiger partial charge in [0.05, 0.1) is 12.2 Å². The summed E-state index contributed by atoms with van der Waals surface area (Å²) in [5, 5.41) is 15.5. The number of carboxylic acids is 1. The van der Waals surface area contributed by atoms with Gasteiger partial charge in [-0.3, -0.25) is 9.59 Å². The van der Waals surface area contributed by atoms with E-state index in [0.717, 1.165) is 25.9 Å². The standard InChI is InChI=1S/C15H20N2O3S/c18-14(10-21-12-5-7-16-8-6-12)17-13-4-2-1-3-11(13)9-15(19)20/h1-4,12,16H,5-10H2,(H,17,18)(H,19,20). The molecule has 114 valence electrons. The molecule has 0 aromatic heterocycles. The van der Waals surface area contributed by atoms with Crippen molar-refractivity contribution in [2.24, 2.45) is 0 Å². The van der Waals surface area contributed by atoms with Crippen molar-refractivity contribution < 1.29 is 14.7 Å². The second kappa shape index (κ2) is 8.05. The van der Waals surface area contributed by atoms with Crippen LogP contribution in [0.5, 0.6) is 0 Å². The number of piperidine rings is 1. The number of hydrogen-bond donors (Lipinski definition) is 3. The summed E-state index contributed by atoms with van der Waals surface area (Å²) in [5.74, 6) is -0.566. The van der Waals surface area contributed by atoms with Gasteiger partial charge in [0.25, 0.3) is 0 Å². The van der Waals surface area contributed by atoms with Crippen LogP contribution in [0.1, 0.15) is 18.4 Å². The fraction of sp³-hybridized carbons (Fsp3) is 0.467. The summed E-state index contributed by atoms with van der Waals surface area (Å²) in [7, 11) is 0. The number of thioether (sulfide) groups is 1. The van der Waals surface area contributed by atoms with E-state index in [0.29, 0.717) is 22.3 Å². The first-order valence-electron chi connectivity index (χ1n) is 7.07. The van der Waals surface area contributed by atoms with Gasteiger partial charge in [-0.25, -0.2) is 0 Å². The van der Waals surface area contributed by atoms with Gasteiger partial charge >= 0.3 is 5.97 Å². The van der Waals surface area contributed by atoms with Crippen LogP contribution in [0.2, 0.25) is 0 Å². The topological polar surface area (TPSA) is 78.4 Å². The molecule has 1 aromatic carbocycles. The van der Waals surface area contributed by atoms with Gasteiger partial charge in [-0.2, -0.15) is 0 Å². The molecule has 5 nitrogen and oxygen atoms in total. The van der Waals surface area contributed by atoms with E-state index < -0.39 is 5.97 Å². The highest BCUT2D eigenvalue weighted by atomic mass is 32.2. The molecule has 0 spiro atoms. The minimum absolute atomic E-state index is 0.0728. The third kappa shape index (κ3) is 5.40. The Morgan fingerprint density at radius 1 is 1.29 bits per heavy atom. The van der Waals surface area contributed by atoms with Crippen molar-refractivity contribution in [3.63, 3.8) is 0 Å². The molecule has 6 heteroatoms. The third-order valence-electron chi connectivity index (χ3n) is 3.37. The van der Waals surface area contributed by atoms with Crippen LogP contribution < -0.4 is 10.6 Å². The molecule has 2 rings (SSSR count). The first kappa shape index (κ1) is 15.9. The molecule has 1 aliphatic rings. The molecule has 1 aliphatic heterocycles. The maximum absolute atomic E-state index is 12.0. The third-order valence-corrected chi connectivity index (χ3v) is 4.74. The van der Waals surface area contributed by atoms with Gasteiger partial charge in [-0.05, 0) is 37.6 Å². The Morgan fingerprint density at radius 3 is 2.71 bits per heavy atom. The Bertz CT molecular complexity index is 501. The van der Waals surface area contributed by atoms with Gasteiger partial charge < -0.3 is 15.7 Å². The number of amides is 1. The summed E-state index contributed by atoms with van der Waals surface area (Å²) in [6.45, 7) is 2.03. The van der Waals surface area contributed by atoms with Crippen LogP contribution in [0.15, 0.2) is 24.3 Å². The van der Waals surface area contributed by atoms with Crippen LogP contribution in [0.25, 0.3) is 0 Å². The number of para-hydroxylation sites is 1. The molecule has 1 saturated heterocycles. The number of benzene rings is 1. The van der Waals surface area contributed by atoms with Crippen LogP contribution in [0.4, 0.5) is 5.69 Å². The maximum Gasteiger partial charge on any atom is 0.307 e. The molecule has 0 bridgehead atoms. The van der Waals surface area contributed by atoms with E-state index in [9.17, 15) is 9.59 Å². The van der Waals surface area contributed by atoms with E-state index in [1.54, 1.807) is 36.0 Å². The molecular weight excluding hydrogens is 288 g/mol. The van der Waals surface area contributed by atoms with E-state index >= 15 is 0 Å². The predicted molar refractivity (Wildman–Crippen MR) is 84.8 cm³/mol. The molecule has 3 N–H and O–H groups in total. The number of nitrogens with one attached hydrogen (secondary N) is 2. The lowest BCUT2D eigenvalue weighted by atomic mass is 10.1. The minimum atomic E-state index is -0.902. The van der Waals surface area contributed by atoms with Gasteiger partial charge in [0, 0.05) is 10.9 Å². The van der Waals surface area contributed by atoms with Crippen molar-refractivity contribution in [3.05, 3.63) is 29.8 Å². The van der Waals surface area contributed by atoms with Crippen LogP contribution in [0.3, 0.4) is 0 Å². The largest absolute Gasteiger partial charge is 0.481 e. The lowest BCUT2D eigenvalue weighted by Crippen LogP contribution is -2.30. The number of aliphatic carboxylic acids is 1. The fourth-order valence-electron chi connectivity index (χ4n) is 2.30. The Balaban J connectivity index is 1.85. The molecule has 0 unspecified atom stereocenters. The monoisotopic (exact) mass is 308 g/mol. The van der Waals surface area contributed by atoms with E-state index in [1.165, 1.54) is 0 Å². The second-order valence-corrected chi connectivity index (χ2v) is 6.32. The van der Waals surface area contributed by atoms with E-state index in [4.69, 9.17) is 5.11 Å². The van der Waals surface area contributed by atoms with Crippen molar-refractivity contribution in [2.75, 3.05) is 24.2 Å². The van der Waals surface area contributed by atoms with Gasteiger partial charge in [-0.15, -0.1) is 11.8 Å². The summed E-state index contributed by atoms with van der Waals surface area (Å²) in [6, 6.07) is 7.04. The number of rotatable bonds is 6. The lowest BCUT2D eigenvalue weighted by Gasteiger charge is -2.21. The predicted octanol–water partition coefficient (Wildman–Crippen LogP) is 1.74. The van der Waals surface area contributed by atoms with E-state index in [1.807, 2.05) is 0 Å². The van der Waals surface area contributed by atoms with Crippen molar-refractivity contribution >= 4 is 29.3 Å². The lowest BCUT2D eigenvalue weighted by molar-refractivity contribution is -0.136. The summed E-state index contributed by atoms with van der Waals surface area (Å²) in [4.78, 5) is 22.8. The summed E-state index contributed by atoms with van der Waals surface area (Å²) >= 11 is 1.68. The Kier molecular flexibility index (Phi) is 6.07. The number of carboxylic acid groups (broad SMARTS) is 1. The van der Waals surface area contributed by atoms with Crippen LogP contribution in [-0.4, -0.2) is 41.1 Å². The first-order chi connectivity index (χ1) is 10.1. The Morgan fingerprint density at radius 2 is 2.00 bits per heavy atom. The minimum Gasteiger partial charge on any atom is -0.481 e. The average molecular weight is 308 g/mol. The quantitative estimate of drug-likeness (QED) is 0.746. The molecular formula is C15H20N2O3S. The molecule has 1 fully saturated rings. The van der Waals surface area contributed by atoms with E-state index in [2.05, 4.69) is 10.6 Å². The Hall–Kier alpha value is -1.53. The first-order valence-corrected chi connectivity index (χ1v) is 8.12. The average Bonchev–Trinajstić information content (AvgIpc) is 2.48. The Labute approximate surface area is 128 Å². The fourth-order valence-corrected chi connectivity index (χ4v) is 3.33. The second-order valence-electron chi connectivity index (χ2n) is 5.04. The molecule has 0 saturated carbocycles. The highest BCUT2D eigenvalue weighted by molar-refractivity contribution is 8.00. The number of carbonyl (C=O) groups excluding carboxylic acids is 1. The smallest absolute Gasteiger partial charge is 0.307 e. The van der Waals surface area contributed by atoms with Crippen molar-refractivity contribution in [3.8, 4) is 0 Å². The highest BCUT2D eigenvalue weighted by Crippen LogP contribution is 2.21. The van der Waals surface area contributed by atoms with Gasteiger partial charge in [0.1, 0.15) is 0 Å². The van der Waals surface area contributed by atoms with Crippen LogP contribution >= 0.6 is 11.8 Å². The summed E-state index contributed by atoms with van der Waals surface area (Å²) in [5.41, 5.74) is 1.22. The van der Waals surface area contributed by atoms with Gasteiger partial charge in [0.2, 0.25) is 5.91 Å². The van der Waals surface area contributed by atoms with Crippen molar-refractivity contribution in [2.45, 2.75) is 24.5 Å². The van der Waals surface area contributed by atoms with E-state index in [-0.39, 0.29) is 12.3 Å². The number of carbonyl (C=O) groups is 2. The summed E-state index contributed by atoms with van der Waals surface area (Å²) in [6.07, 6.45) is 2.10. The number of anilines is 1. The molecule has 0 aliphatic carbocycles. The molecule has 1 amide bonds. The van der Waals surface area contributed by atoms with Crippen molar-refractivity contribution in [1.29, 1.82) is 0 Å². The molecule has 0 radical (unpaired) electrons. The molecule has 1 heterocycles. The van der Waals surface area contributed by atoms with Gasteiger partial charge in [-0.1, -0.05) is 18.2 Å². The number of hydrogen-bond acceptors (Lipinski definition) is 4. The normalized spacial score (nSPS) is 15.6. The SMILES string of the molecule is O=C(O)Cc1ccccc1NC(=O)CSC1CCNCC1. The maximum atomic E-state index is 12.0. The van der Waals surface area contributed by atoms with Crippen LogP contribution in [-0.2, 0) is 16.0 Å². The van der Waals surface area contributed by atoms with Crippen LogP contribution in [0, 0.1) is 0 Å². The van der Waals surface area contributed by atoms with Crippen molar-refractivity contribution in [1.82, 2.24) is 5.32 Å². The zero-order valence-corrected chi connectivity index (χ0v) is 12.6. The van der Waals surface area contributed by atoms with Gasteiger partial charge in [0.15, 0.2) is 0 Å².